The molecule has 2 aromatic rings. The van der Waals surface area contributed by atoms with Gasteiger partial charge in [-0.25, -0.2) is 13.1 Å². The molecule has 128 valence electrons. The number of benzene rings is 1. The zero-order chi connectivity index (χ0) is 17.3. The Hall–Kier alpha value is -2.19. The maximum Gasteiger partial charge on any atom is 0.240 e. The van der Waals surface area contributed by atoms with E-state index < -0.39 is 10.0 Å². The fraction of sp³-hybridized carbons (Fsp3) is 0.375. The number of hydrogen-bond acceptors (Lipinski definition) is 5. The highest BCUT2D eigenvalue weighted by Gasteiger charge is 2.22. The smallest absolute Gasteiger partial charge is 0.240 e. The van der Waals surface area contributed by atoms with Crippen LogP contribution in [0.4, 0.5) is 5.69 Å². The van der Waals surface area contributed by atoms with Crippen LogP contribution in [0.5, 0.6) is 0 Å². The molecule has 8 heteroatoms. The lowest BCUT2D eigenvalue weighted by Crippen LogP contribution is -2.25. The Kier molecular flexibility index (Phi) is 4.42. The van der Waals surface area contributed by atoms with Gasteiger partial charge in [0.15, 0.2) is 0 Å². The van der Waals surface area contributed by atoms with E-state index in [1.807, 2.05) is 0 Å². The highest BCUT2D eigenvalue weighted by atomic mass is 32.2. The molecule has 1 aliphatic rings. The maximum atomic E-state index is 12.4. The highest BCUT2D eigenvalue weighted by Crippen LogP contribution is 2.23. The molecule has 0 aliphatic carbocycles. The molecule has 1 N–H and O–H groups in total. The van der Waals surface area contributed by atoms with E-state index in [0.29, 0.717) is 24.4 Å². The SMILES string of the molecule is Cc1noc(C)c1CNS(=O)(=O)c1ccc(N2CCCC2=O)cc1. The zero-order valence-corrected chi connectivity index (χ0v) is 14.4. The van der Waals surface area contributed by atoms with Gasteiger partial charge < -0.3 is 9.42 Å². The second-order valence-electron chi connectivity index (χ2n) is 5.77. The number of hydrogen-bond donors (Lipinski definition) is 1. The molecule has 3 rings (SSSR count). The van der Waals surface area contributed by atoms with Crippen molar-refractivity contribution < 1.29 is 17.7 Å². The topological polar surface area (TPSA) is 92.5 Å². The van der Waals surface area contributed by atoms with Gasteiger partial charge in [-0.2, -0.15) is 0 Å². The van der Waals surface area contributed by atoms with Gasteiger partial charge in [0, 0.05) is 30.8 Å². The van der Waals surface area contributed by atoms with Crippen molar-refractivity contribution in [2.24, 2.45) is 0 Å². The minimum Gasteiger partial charge on any atom is -0.361 e. The normalized spacial score (nSPS) is 15.2. The summed E-state index contributed by atoms with van der Waals surface area (Å²) in [6.07, 6.45) is 1.37. The van der Waals surface area contributed by atoms with Crippen molar-refractivity contribution in [2.45, 2.75) is 38.1 Å². The van der Waals surface area contributed by atoms with Crippen LogP contribution in [-0.4, -0.2) is 26.0 Å². The summed E-state index contributed by atoms with van der Waals surface area (Å²) in [5, 5.41) is 3.81. The molecular weight excluding hydrogens is 330 g/mol. The summed E-state index contributed by atoms with van der Waals surface area (Å²) in [5.74, 6) is 0.667. The molecule has 0 atom stereocenters. The second kappa shape index (κ2) is 6.37. The molecule has 0 saturated carbocycles. The van der Waals surface area contributed by atoms with Crippen molar-refractivity contribution >= 4 is 21.6 Å². The van der Waals surface area contributed by atoms with Gasteiger partial charge in [0.1, 0.15) is 5.76 Å². The standard InChI is InChI=1S/C16H19N3O4S/c1-11-15(12(2)23-18-11)10-17-24(21,22)14-7-5-13(6-8-14)19-9-3-4-16(19)20/h5-8,17H,3-4,9-10H2,1-2H3. The predicted molar refractivity (Wildman–Crippen MR) is 88.0 cm³/mol. The quantitative estimate of drug-likeness (QED) is 0.890. The first-order chi connectivity index (χ1) is 11.4. The number of aromatic nitrogens is 1. The van der Waals surface area contributed by atoms with Crippen LogP contribution in [0.1, 0.15) is 29.9 Å². The number of carbonyl (C=O) groups is 1. The zero-order valence-electron chi connectivity index (χ0n) is 13.6. The van der Waals surface area contributed by atoms with E-state index in [-0.39, 0.29) is 17.3 Å². The number of rotatable bonds is 5. The predicted octanol–water partition coefficient (Wildman–Crippen LogP) is 1.90. The van der Waals surface area contributed by atoms with E-state index in [9.17, 15) is 13.2 Å². The van der Waals surface area contributed by atoms with Gasteiger partial charge in [0.25, 0.3) is 0 Å². The third-order valence-electron chi connectivity index (χ3n) is 4.15. The summed E-state index contributed by atoms with van der Waals surface area (Å²) in [6.45, 7) is 4.30. The third kappa shape index (κ3) is 3.20. The molecule has 1 fully saturated rings. The molecule has 0 spiro atoms. The van der Waals surface area contributed by atoms with Crippen molar-refractivity contribution in [3.05, 3.63) is 41.3 Å². The number of carbonyl (C=O) groups excluding carboxylic acids is 1. The van der Waals surface area contributed by atoms with Crippen LogP contribution in [0.2, 0.25) is 0 Å². The lowest BCUT2D eigenvalue weighted by molar-refractivity contribution is -0.117. The summed E-state index contributed by atoms with van der Waals surface area (Å²) >= 11 is 0. The average Bonchev–Trinajstić information content (AvgIpc) is 3.12. The minimum atomic E-state index is -3.65. The Bertz CT molecular complexity index is 836. The summed E-state index contributed by atoms with van der Waals surface area (Å²) < 4.78 is 32.4. The summed E-state index contributed by atoms with van der Waals surface area (Å²) in [5.41, 5.74) is 2.12. The molecule has 1 amide bonds. The molecule has 0 unspecified atom stereocenters. The number of nitrogens with one attached hydrogen (secondary N) is 1. The van der Waals surface area contributed by atoms with E-state index in [1.165, 1.54) is 12.1 Å². The largest absolute Gasteiger partial charge is 0.361 e. The van der Waals surface area contributed by atoms with Gasteiger partial charge in [-0.1, -0.05) is 5.16 Å². The first-order valence-corrected chi connectivity index (χ1v) is 9.18. The van der Waals surface area contributed by atoms with Crippen LogP contribution in [0, 0.1) is 13.8 Å². The Balaban J connectivity index is 1.74. The van der Waals surface area contributed by atoms with Gasteiger partial charge in [0.2, 0.25) is 15.9 Å². The summed E-state index contributed by atoms with van der Waals surface area (Å²) in [7, 11) is -3.65. The Morgan fingerprint density at radius 1 is 1.25 bits per heavy atom. The second-order valence-corrected chi connectivity index (χ2v) is 7.54. The van der Waals surface area contributed by atoms with Crippen LogP contribution in [-0.2, 0) is 21.4 Å². The van der Waals surface area contributed by atoms with E-state index in [2.05, 4.69) is 9.88 Å². The Morgan fingerprint density at radius 3 is 2.50 bits per heavy atom. The third-order valence-corrected chi connectivity index (χ3v) is 5.57. The number of amides is 1. The Morgan fingerprint density at radius 2 is 1.96 bits per heavy atom. The molecule has 0 bridgehead atoms. The molecule has 0 radical (unpaired) electrons. The fourth-order valence-corrected chi connectivity index (χ4v) is 3.73. The number of sulfonamides is 1. The van der Waals surface area contributed by atoms with Crippen LogP contribution >= 0.6 is 0 Å². The minimum absolute atomic E-state index is 0.0714. The van der Waals surface area contributed by atoms with Crippen LogP contribution < -0.4 is 9.62 Å². The molecular formula is C16H19N3O4S. The molecule has 1 aromatic heterocycles. The van der Waals surface area contributed by atoms with E-state index in [1.54, 1.807) is 30.9 Å². The van der Waals surface area contributed by atoms with Crippen LogP contribution in [0.15, 0.2) is 33.7 Å². The molecule has 1 aromatic carbocycles. The van der Waals surface area contributed by atoms with Crippen LogP contribution in [0.3, 0.4) is 0 Å². The summed E-state index contributed by atoms with van der Waals surface area (Å²) in [4.78, 5) is 13.6. The van der Waals surface area contributed by atoms with E-state index in [0.717, 1.165) is 17.7 Å². The van der Waals surface area contributed by atoms with E-state index >= 15 is 0 Å². The number of aryl methyl sites for hydroxylation is 2. The molecule has 1 saturated heterocycles. The van der Waals surface area contributed by atoms with Crippen LogP contribution in [0.25, 0.3) is 0 Å². The Labute approximate surface area is 140 Å². The lowest BCUT2D eigenvalue weighted by atomic mass is 10.2. The van der Waals surface area contributed by atoms with Crippen molar-refractivity contribution in [3.8, 4) is 0 Å². The first-order valence-electron chi connectivity index (χ1n) is 7.70. The molecule has 1 aliphatic heterocycles. The van der Waals surface area contributed by atoms with Crippen molar-refractivity contribution in [3.63, 3.8) is 0 Å². The van der Waals surface area contributed by atoms with Gasteiger partial charge in [-0.15, -0.1) is 0 Å². The number of anilines is 1. The molecule has 2 heterocycles. The van der Waals surface area contributed by atoms with Gasteiger partial charge >= 0.3 is 0 Å². The average molecular weight is 349 g/mol. The fourth-order valence-electron chi connectivity index (χ4n) is 2.73. The lowest BCUT2D eigenvalue weighted by Gasteiger charge is -2.16. The molecule has 24 heavy (non-hydrogen) atoms. The highest BCUT2D eigenvalue weighted by molar-refractivity contribution is 7.89. The van der Waals surface area contributed by atoms with Gasteiger partial charge in [-0.05, 0) is 44.5 Å². The van der Waals surface area contributed by atoms with Crippen molar-refractivity contribution in [2.75, 3.05) is 11.4 Å². The first kappa shape index (κ1) is 16.7. The van der Waals surface area contributed by atoms with Gasteiger partial charge in [0.05, 0.1) is 10.6 Å². The summed E-state index contributed by atoms with van der Waals surface area (Å²) in [6, 6.07) is 6.34. The monoisotopic (exact) mass is 349 g/mol. The molecule has 7 nitrogen and oxygen atoms in total. The number of nitrogens with zero attached hydrogens (tertiary/aromatic N) is 2. The van der Waals surface area contributed by atoms with Crippen molar-refractivity contribution in [1.82, 2.24) is 9.88 Å². The van der Waals surface area contributed by atoms with Gasteiger partial charge in [-0.3, -0.25) is 4.79 Å². The van der Waals surface area contributed by atoms with E-state index in [4.69, 9.17) is 4.52 Å². The van der Waals surface area contributed by atoms with Crippen molar-refractivity contribution in [1.29, 1.82) is 0 Å². The maximum absolute atomic E-state index is 12.4.